The van der Waals surface area contributed by atoms with Crippen molar-refractivity contribution in [3.05, 3.63) is 60.2 Å². The van der Waals surface area contributed by atoms with Crippen molar-refractivity contribution < 1.29 is 19.1 Å². The van der Waals surface area contributed by atoms with Gasteiger partial charge in [0.1, 0.15) is 5.41 Å². The van der Waals surface area contributed by atoms with Gasteiger partial charge in [0, 0.05) is 18.4 Å². The zero-order chi connectivity index (χ0) is 19.3. The van der Waals surface area contributed by atoms with Crippen LogP contribution in [0.1, 0.15) is 24.2 Å². The minimum atomic E-state index is -1.27. The minimum absolute atomic E-state index is 0.326. The van der Waals surface area contributed by atoms with E-state index in [0.29, 0.717) is 16.9 Å². The van der Waals surface area contributed by atoms with Crippen molar-refractivity contribution in [2.75, 3.05) is 24.4 Å². The second kappa shape index (κ2) is 7.82. The Morgan fingerprint density at radius 2 is 1.54 bits per heavy atom. The second-order valence-electron chi connectivity index (χ2n) is 6.35. The molecule has 0 fully saturated rings. The number of nitrogens with one attached hydrogen (secondary N) is 1. The van der Waals surface area contributed by atoms with Crippen LogP contribution in [0.5, 0.6) is 0 Å². The first-order valence-corrected chi connectivity index (χ1v) is 8.10. The number of nitrogens with zero attached hydrogens (tertiary/aromatic N) is 1. The first-order chi connectivity index (χ1) is 12.3. The molecule has 0 aliphatic heterocycles. The lowest BCUT2D eigenvalue weighted by atomic mass is 9.90. The number of methoxy groups -OCH3 is 1. The Bertz CT molecular complexity index is 798. The van der Waals surface area contributed by atoms with E-state index in [9.17, 15) is 14.4 Å². The van der Waals surface area contributed by atoms with Gasteiger partial charge in [-0.15, -0.1) is 0 Å². The highest BCUT2D eigenvalue weighted by Crippen LogP contribution is 2.25. The molecule has 0 heterocycles. The number of hydrogen-bond acceptors (Lipinski definition) is 4. The summed E-state index contributed by atoms with van der Waals surface area (Å²) in [6.07, 6.45) is 0. The van der Waals surface area contributed by atoms with Gasteiger partial charge in [-0.2, -0.15) is 0 Å². The van der Waals surface area contributed by atoms with Gasteiger partial charge in [0.25, 0.3) is 0 Å². The van der Waals surface area contributed by atoms with E-state index in [0.717, 1.165) is 0 Å². The van der Waals surface area contributed by atoms with Gasteiger partial charge in [0.2, 0.25) is 11.8 Å². The fraction of sp³-hybridized carbons (Fsp3) is 0.250. The average Bonchev–Trinajstić information content (AvgIpc) is 2.67. The Balaban J connectivity index is 2.11. The zero-order valence-electron chi connectivity index (χ0n) is 15.3. The van der Waals surface area contributed by atoms with Crippen LogP contribution in [-0.2, 0) is 14.3 Å². The summed E-state index contributed by atoms with van der Waals surface area (Å²) in [6.45, 7) is 3.15. The molecule has 2 aromatic rings. The molecule has 0 atom stereocenters. The topological polar surface area (TPSA) is 75.7 Å². The van der Waals surface area contributed by atoms with Crippen LogP contribution in [0.15, 0.2) is 54.6 Å². The molecular formula is C20H22N2O4. The van der Waals surface area contributed by atoms with E-state index < -0.39 is 17.3 Å². The Morgan fingerprint density at radius 1 is 0.962 bits per heavy atom. The number of esters is 1. The summed E-state index contributed by atoms with van der Waals surface area (Å²) in [4.78, 5) is 38.3. The summed E-state index contributed by atoms with van der Waals surface area (Å²) >= 11 is 0. The molecule has 136 valence electrons. The van der Waals surface area contributed by atoms with Crippen LogP contribution in [0.4, 0.5) is 11.4 Å². The Labute approximate surface area is 152 Å². The number of amides is 2. The molecule has 0 aromatic heterocycles. The molecule has 0 saturated heterocycles. The van der Waals surface area contributed by atoms with Gasteiger partial charge in [0.15, 0.2) is 0 Å². The highest BCUT2D eigenvalue weighted by atomic mass is 16.5. The molecule has 0 spiro atoms. The maximum Gasteiger partial charge on any atom is 0.337 e. The molecule has 2 rings (SSSR count). The molecule has 0 bridgehead atoms. The van der Waals surface area contributed by atoms with Gasteiger partial charge in [-0.1, -0.05) is 18.2 Å². The van der Waals surface area contributed by atoms with Crippen LogP contribution in [-0.4, -0.2) is 31.9 Å². The maximum absolute atomic E-state index is 12.8. The summed E-state index contributed by atoms with van der Waals surface area (Å²) < 4.78 is 4.63. The molecule has 1 N–H and O–H groups in total. The van der Waals surface area contributed by atoms with Crippen molar-refractivity contribution >= 4 is 29.2 Å². The first-order valence-electron chi connectivity index (χ1n) is 8.10. The van der Waals surface area contributed by atoms with Crippen LogP contribution < -0.4 is 10.2 Å². The molecule has 2 aromatic carbocycles. The summed E-state index contributed by atoms with van der Waals surface area (Å²) in [7, 11) is 2.94. The van der Waals surface area contributed by atoms with E-state index in [2.05, 4.69) is 10.1 Å². The lowest BCUT2D eigenvalue weighted by Crippen LogP contribution is -2.46. The monoisotopic (exact) mass is 354 g/mol. The van der Waals surface area contributed by atoms with E-state index in [4.69, 9.17) is 0 Å². The van der Waals surface area contributed by atoms with Crippen molar-refractivity contribution in [1.82, 2.24) is 0 Å². The van der Waals surface area contributed by atoms with E-state index in [1.807, 2.05) is 18.2 Å². The van der Waals surface area contributed by atoms with E-state index in [1.54, 1.807) is 57.3 Å². The molecule has 0 saturated carbocycles. The van der Waals surface area contributed by atoms with Crippen molar-refractivity contribution in [2.24, 2.45) is 5.41 Å². The number of carbonyl (C=O) groups is 3. The normalized spacial score (nSPS) is 10.8. The standard InChI is InChI=1S/C20H22N2O4/c1-20(2,19(25)22(3)16-8-6-5-7-9-16)18(24)21-15-12-10-14(11-13-15)17(23)26-4/h5-13H,1-4H3,(H,21,24). The Kier molecular flexibility index (Phi) is 5.77. The summed E-state index contributed by atoms with van der Waals surface area (Å²) in [6, 6.07) is 15.4. The number of rotatable bonds is 5. The van der Waals surface area contributed by atoms with E-state index in [1.165, 1.54) is 12.0 Å². The minimum Gasteiger partial charge on any atom is -0.465 e. The SMILES string of the molecule is COC(=O)c1ccc(NC(=O)C(C)(C)C(=O)N(C)c2ccccc2)cc1. The summed E-state index contributed by atoms with van der Waals surface area (Å²) in [5.41, 5.74) is 0.308. The quantitative estimate of drug-likeness (QED) is 0.661. The third-order valence-electron chi connectivity index (χ3n) is 4.11. The number of benzene rings is 2. The van der Waals surface area contributed by atoms with Gasteiger partial charge in [-0.3, -0.25) is 9.59 Å². The maximum atomic E-state index is 12.8. The summed E-state index contributed by atoms with van der Waals surface area (Å²) in [5, 5.41) is 2.72. The molecule has 0 radical (unpaired) electrons. The molecule has 0 unspecified atom stereocenters. The van der Waals surface area contributed by atoms with Crippen molar-refractivity contribution in [1.29, 1.82) is 0 Å². The highest BCUT2D eigenvalue weighted by molar-refractivity contribution is 6.14. The van der Waals surface area contributed by atoms with Crippen LogP contribution in [0, 0.1) is 5.41 Å². The number of ether oxygens (including phenoxy) is 1. The lowest BCUT2D eigenvalue weighted by molar-refractivity contribution is -0.136. The Hall–Kier alpha value is -3.15. The number of anilines is 2. The van der Waals surface area contributed by atoms with Gasteiger partial charge in [-0.25, -0.2) is 4.79 Å². The third kappa shape index (κ3) is 4.08. The van der Waals surface area contributed by atoms with Gasteiger partial charge < -0.3 is 15.0 Å². The number of carbonyl (C=O) groups excluding carboxylic acids is 3. The predicted octanol–water partition coefficient (Wildman–Crippen LogP) is 3.10. The van der Waals surface area contributed by atoms with E-state index >= 15 is 0 Å². The predicted molar refractivity (Wildman–Crippen MR) is 100 cm³/mol. The first kappa shape index (κ1) is 19.2. The highest BCUT2D eigenvalue weighted by Gasteiger charge is 2.38. The zero-order valence-corrected chi connectivity index (χ0v) is 15.3. The van der Waals surface area contributed by atoms with Crippen LogP contribution >= 0.6 is 0 Å². The molecule has 0 aliphatic carbocycles. The van der Waals surface area contributed by atoms with Gasteiger partial charge in [0.05, 0.1) is 12.7 Å². The van der Waals surface area contributed by atoms with Crippen LogP contribution in [0.2, 0.25) is 0 Å². The van der Waals surface area contributed by atoms with Crippen LogP contribution in [0.25, 0.3) is 0 Å². The molecule has 6 nitrogen and oxygen atoms in total. The van der Waals surface area contributed by atoms with E-state index in [-0.39, 0.29) is 5.91 Å². The van der Waals surface area contributed by atoms with Crippen molar-refractivity contribution in [2.45, 2.75) is 13.8 Å². The molecular weight excluding hydrogens is 332 g/mol. The smallest absolute Gasteiger partial charge is 0.337 e. The Morgan fingerprint density at radius 3 is 2.08 bits per heavy atom. The van der Waals surface area contributed by atoms with Crippen LogP contribution in [0.3, 0.4) is 0 Å². The van der Waals surface area contributed by atoms with Gasteiger partial charge in [-0.05, 0) is 50.2 Å². The molecule has 6 heteroatoms. The fourth-order valence-electron chi connectivity index (χ4n) is 2.38. The average molecular weight is 354 g/mol. The fourth-order valence-corrected chi connectivity index (χ4v) is 2.38. The molecule has 2 amide bonds. The number of hydrogen-bond donors (Lipinski definition) is 1. The van der Waals surface area contributed by atoms with Crippen molar-refractivity contribution in [3.8, 4) is 0 Å². The number of para-hydroxylation sites is 1. The third-order valence-corrected chi connectivity index (χ3v) is 4.11. The largest absolute Gasteiger partial charge is 0.465 e. The second-order valence-corrected chi connectivity index (χ2v) is 6.35. The van der Waals surface area contributed by atoms with Gasteiger partial charge >= 0.3 is 5.97 Å². The van der Waals surface area contributed by atoms with Crippen molar-refractivity contribution in [3.63, 3.8) is 0 Å². The summed E-state index contributed by atoms with van der Waals surface area (Å²) in [5.74, 6) is -1.22. The molecule has 0 aliphatic rings. The molecule has 26 heavy (non-hydrogen) atoms. The lowest BCUT2D eigenvalue weighted by Gasteiger charge is -2.28.